The van der Waals surface area contributed by atoms with Gasteiger partial charge in [-0.2, -0.15) is 5.10 Å². The van der Waals surface area contributed by atoms with Crippen LogP contribution in [0.2, 0.25) is 0 Å². The second-order valence-electron chi connectivity index (χ2n) is 6.88. The zero-order chi connectivity index (χ0) is 19.7. The van der Waals surface area contributed by atoms with Gasteiger partial charge in [-0.25, -0.2) is 4.68 Å². The van der Waals surface area contributed by atoms with Crippen LogP contribution < -0.4 is 5.73 Å². The molecular formula is C19H21N7O2. The van der Waals surface area contributed by atoms with Crippen molar-refractivity contribution in [3.8, 4) is 11.3 Å². The molecular weight excluding hydrogens is 358 g/mol. The molecule has 2 amide bonds. The van der Waals surface area contributed by atoms with E-state index in [4.69, 9.17) is 5.73 Å². The van der Waals surface area contributed by atoms with Crippen LogP contribution in [0.3, 0.4) is 0 Å². The van der Waals surface area contributed by atoms with E-state index in [1.807, 2.05) is 41.3 Å². The summed E-state index contributed by atoms with van der Waals surface area (Å²) < 4.78 is 3.30. The lowest BCUT2D eigenvalue weighted by Gasteiger charge is -2.31. The third-order valence-electron chi connectivity index (χ3n) is 5.06. The molecule has 0 saturated carbocycles. The molecule has 1 saturated heterocycles. The van der Waals surface area contributed by atoms with Gasteiger partial charge >= 0.3 is 0 Å². The van der Waals surface area contributed by atoms with Crippen LogP contribution in [-0.2, 0) is 7.05 Å². The molecule has 4 rings (SSSR count). The van der Waals surface area contributed by atoms with Gasteiger partial charge < -0.3 is 10.6 Å². The zero-order valence-corrected chi connectivity index (χ0v) is 15.5. The largest absolute Gasteiger partial charge is 0.364 e. The number of nitrogens with zero attached hydrogens (tertiary/aromatic N) is 6. The summed E-state index contributed by atoms with van der Waals surface area (Å²) in [6.45, 7) is 1.20. The van der Waals surface area contributed by atoms with E-state index >= 15 is 0 Å². The number of aromatic nitrogens is 5. The fourth-order valence-corrected chi connectivity index (χ4v) is 3.48. The van der Waals surface area contributed by atoms with Crippen LogP contribution in [0.4, 0.5) is 0 Å². The molecule has 0 atom stereocenters. The summed E-state index contributed by atoms with van der Waals surface area (Å²) in [4.78, 5) is 26.0. The molecule has 28 heavy (non-hydrogen) atoms. The van der Waals surface area contributed by atoms with Crippen LogP contribution in [0.1, 0.15) is 39.9 Å². The van der Waals surface area contributed by atoms with Crippen molar-refractivity contribution in [3.63, 3.8) is 0 Å². The molecule has 0 spiro atoms. The number of likely N-dealkylation sites (tertiary alicyclic amines) is 1. The van der Waals surface area contributed by atoms with E-state index < -0.39 is 5.91 Å². The molecule has 1 aliphatic rings. The first-order chi connectivity index (χ1) is 13.5. The Bertz CT molecular complexity index is 1000. The van der Waals surface area contributed by atoms with Crippen LogP contribution in [0.5, 0.6) is 0 Å². The van der Waals surface area contributed by atoms with Crippen LogP contribution in [0.25, 0.3) is 11.3 Å². The predicted octanol–water partition coefficient (Wildman–Crippen LogP) is 1.25. The van der Waals surface area contributed by atoms with Gasteiger partial charge in [-0.05, 0) is 18.9 Å². The molecule has 0 aliphatic carbocycles. The molecule has 0 bridgehead atoms. The summed E-state index contributed by atoms with van der Waals surface area (Å²) >= 11 is 0. The SMILES string of the molecule is Cn1nc(-c2ccccc2)cc1C(=O)N1CCC(n2cc(C(N)=O)nn2)CC1. The van der Waals surface area contributed by atoms with Gasteiger partial charge in [0, 0.05) is 25.7 Å². The highest BCUT2D eigenvalue weighted by molar-refractivity contribution is 5.93. The van der Waals surface area contributed by atoms with Gasteiger partial charge in [0.1, 0.15) is 5.69 Å². The Balaban J connectivity index is 1.44. The minimum absolute atomic E-state index is 0.0351. The van der Waals surface area contributed by atoms with Gasteiger partial charge in [0.05, 0.1) is 17.9 Å². The number of benzene rings is 1. The van der Waals surface area contributed by atoms with E-state index in [1.54, 1.807) is 22.6 Å². The van der Waals surface area contributed by atoms with Gasteiger partial charge in [-0.3, -0.25) is 14.3 Å². The van der Waals surface area contributed by atoms with Crippen molar-refractivity contribution in [2.45, 2.75) is 18.9 Å². The maximum Gasteiger partial charge on any atom is 0.272 e. The van der Waals surface area contributed by atoms with Gasteiger partial charge in [-0.15, -0.1) is 5.10 Å². The summed E-state index contributed by atoms with van der Waals surface area (Å²) in [5.74, 6) is -0.628. The lowest BCUT2D eigenvalue weighted by molar-refractivity contribution is 0.0678. The van der Waals surface area contributed by atoms with E-state index in [2.05, 4.69) is 15.4 Å². The van der Waals surface area contributed by atoms with Crippen molar-refractivity contribution in [3.05, 3.63) is 54.0 Å². The van der Waals surface area contributed by atoms with Gasteiger partial charge in [0.2, 0.25) is 0 Å². The van der Waals surface area contributed by atoms with Crippen molar-refractivity contribution < 1.29 is 9.59 Å². The molecule has 0 radical (unpaired) electrons. The number of hydrogen-bond donors (Lipinski definition) is 1. The first kappa shape index (κ1) is 17.9. The Morgan fingerprint density at radius 3 is 2.50 bits per heavy atom. The molecule has 9 heteroatoms. The minimum Gasteiger partial charge on any atom is -0.364 e. The molecule has 0 unspecified atom stereocenters. The molecule has 2 aromatic heterocycles. The van der Waals surface area contributed by atoms with Gasteiger partial charge in [0.25, 0.3) is 11.8 Å². The number of piperidine rings is 1. The summed E-state index contributed by atoms with van der Waals surface area (Å²) in [6.07, 6.45) is 3.03. The second-order valence-corrected chi connectivity index (χ2v) is 6.88. The minimum atomic E-state index is -0.593. The highest BCUT2D eigenvalue weighted by Gasteiger charge is 2.27. The lowest BCUT2D eigenvalue weighted by Crippen LogP contribution is -2.39. The van der Waals surface area contributed by atoms with E-state index in [0.29, 0.717) is 18.8 Å². The van der Waals surface area contributed by atoms with Crippen LogP contribution >= 0.6 is 0 Å². The smallest absolute Gasteiger partial charge is 0.272 e. The van der Waals surface area contributed by atoms with E-state index in [0.717, 1.165) is 24.1 Å². The van der Waals surface area contributed by atoms with E-state index in [9.17, 15) is 9.59 Å². The van der Waals surface area contributed by atoms with Gasteiger partial charge in [-0.1, -0.05) is 35.5 Å². The fraction of sp³-hybridized carbons (Fsp3) is 0.316. The number of carbonyl (C=O) groups excluding carboxylic acids is 2. The van der Waals surface area contributed by atoms with Crippen molar-refractivity contribution >= 4 is 11.8 Å². The van der Waals surface area contributed by atoms with Gasteiger partial charge in [0.15, 0.2) is 5.69 Å². The average Bonchev–Trinajstić information content (AvgIpc) is 3.36. The lowest BCUT2D eigenvalue weighted by atomic mass is 10.0. The molecule has 144 valence electrons. The standard InChI is InChI=1S/C19H21N7O2/c1-24-17(11-15(22-24)13-5-3-2-4-6-13)19(28)25-9-7-14(8-10-25)26-12-16(18(20)27)21-23-26/h2-6,11-12,14H,7-10H2,1H3,(H2,20,27). The molecule has 2 N–H and O–H groups in total. The number of rotatable bonds is 4. The Kier molecular flexibility index (Phi) is 4.64. The number of primary amides is 1. The van der Waals surface area contributed by atoms with E-state index in [-0.39, 0.29) is 17.6 Å². The third-order valence-corrected chi connectivity index (χ3v) is 5.06. The first-order valence-electron chi connectivity index (χ1n) is 9.13. The number of carbonyl (C=O) groups is 2. The number of hydrogen-bond acceptors (Lipinski definition) is 5. The van der Waals surface area contributed by atoms with Crippen molar-refractivity contribution in [1.29, 1.82) is 0 Å². The van der Waals surface area contributed by atoms with Crippen LogP contribution in [0.15, 0.2) is 42.6 Å². The maximum absolute atomic E-state index is 13.0. The molecule has 1 aromatic carbocycles. The highest BCUT2D eigenvalue weighted by Crippen LogP contribution is 2.24. The number of nitrogens with two attached hydrogens (primary N) is 1. The Labute approximate surface area is 161 Å². The summed E-state index contributed by atoms with van der Waals surface area (Å²) in [7, 11) is 1.78. The average molecular weight is 379 g/mol. The summed E-state index contributed by atoms with van der Waals surface area (Å²) in [5.41, 5.74) is 7.70. The summed E-state index contributed by atoms with van der Waals surface area (Å²) in [5, 5.41) is 12.3. The molecule has 9 nitrogen and oxygen atoms in total. The zero-order valence-electron chi connectivity index (χ0n) is 15.5. The highest BCUT2D eigenvalue weighted by atomic mass is 16.2. The number of aryl methyl sites for hydroxylation is 1. The number of amides is 2. The quantitative estimate of drug-likeness (QED) is 0.733. The monoisotopic (exact) mass is 379 g/mol. The molecule has 3 heterocycles. The van der Waals surface area contributed by atoms with Crippen molar-refractivity contribution in [2.24, 2.45) is 12.8 Å². The first-order valence-corrected chi connectivity index (χ1v) is 9.13. The van der Waals surface area contributed by atoms with Crippen LogP contribution in [0, 0.1) is 0 Å². The molecule has 1 aliphatic heterocycles. The molecule has 3 aromatic rings. The van der Waals surface area contributed by atoms with Crippen LogP contribution in [-0.4, -0.2) is 54.6 Å². The normalized spacial score (nSPS) is 15.0. The molecule has 1 fully saturated rings. The van der Waals surface area contributed by atoms with Crippen molar-refractivity contribution in [1.82, 2.24) is 29.7 Å². The Morgan fingerprint density at radius 2 is 1.86 bits per heavy atom. The summed E-state index contributed by atoms with van der Waals surface area (Å²) in [6, 6.07) is 11.7. The Hall–Kier alpha value is -3.49. The Morgan fingerprint density at radius 1 is 1.14 bits per heavy atom. The fourth-order valence-electron chi connectivity index (χ4n) is 3.48. The van der Waals surface area contributed by atoms with E-state index in [1.165, 1.54) is 0 Å². The predicted molar refractivity (Wildman–Crippen MR) is 101 cm³/mol. The second kappa shape index (κ2) is 7.26. The topological polar surface area (TPSA) is 112 Å². The third kappa shape index (κ3) is 3.38. The maximum atomic E-state index is 13.0. The van der Waals surface area contributed by atoms with Crippen molar-refractivity contribution in [2.75, 3.05) is 13.1 Å².